The van der Waals surface area contributed by atoms with Gasteiger partial charge in [0.15, 0.2) is 0 Å². The molecule has 3 nitrogen and oxygen atoms in total. The van der Waals surface area contributed by atoms with E-state index in [-0.39, 0.29) is 10.9 Å². The Balaban J connectivity index is 1.56. The quantitative estimate of drug-likeness (QED) is 0.748. The molecule has 0 aromatic heterocycles. The molecule has 1 aliphatic carbocycles. The van der Waals surface area contributed by atoms with Crippen molar-refractivity contribution >= 4 is 16.7 Å². The van der Waals surface area contributed by atoms with Gasteiger partial charge in [-0.3, -0.25) is 4.99 Å². The average molecular weight is 378 g/mol. The molecule has 2 aliphatic rings. The van der Waals surface area contributed by atoms with Gasteiger partial charge in [0.2, 0.25) is 0 Å². The van der Waals surface area contributed by atoms with Gasteiger partial charge in [0.05, 0.1) is 12.2 Å². The Morgan fingerprint density at radius 1 is 0.889 bits per heavy atom. The molecule has 2 aromatic rings. The van der Waals surface area contributed by atoms with E-state index in [1.54, 1.807) is 0 Å². The molecule has 1 N–H and O–H groups in total. The summed E-state index contributed by atoms with van der Waals surface area (Å²) >= 11 is 0. The maximum absolute atomic E-state index is 5.10. The van der Waals surface area contributed by atoms with Crippen LogP contribution in [0, 0.1) is 0 Å². The van der Waals surface area contributed by atoms with Crippen molar-refractivity contribution in [2.45, 2.75) is 50.3 Å². The average Bonchev–Trinajstić information content (AvgIpc) is 2.74. The van der Waals surface area contributed by atoms with Gasteiger partial charge >= 0.3 is 0 Å². The summed E-state index contributed by atoms with van der Waals surface area (Å²) in [6.45, 7) is 0.708. The lowest BCUT2D eigenvalue weighted by atomic mass is 10.0. The van der Waals surface area contributed by atoms with Gasteiger partial charge in [-0.15, -0.1) is 0 Å². The third kappa shape index (κ3) is 5.16. The minimum absolute atomic E-state index is 0.147. The van der Waals surface area contributed by atoms with Crippen LogP contribution in [0.5, 0.6) is 0 Å². The fourth-order valence-electron chi connectivity index (χ4n) is 3.64. The molecule has 0 spiro atoms. The summed E-state index contributed by atoms with van der Waals surface area (Å²) in [7, 11) is -0.147. The second-order valence-electron chi connectivity index (χ2n) is 7.25. The summed E-state index contributed by atoms with van der Waals surface area (Å²) in [6.07, 6.45) is 9.62. The van der Waals surface area contributed by atoms with Crippen molar-refractivity contribution in [3.63, 3.8) is 0 Å². The van der Waals surface area contributed by atoms with E-state index in [0.29, 0.717) is 11.8 Å². The van der Waals surface area contributed by atoms with Crippen LogP contribution in [0.4, 0.5) is 0 Å². The molecule has 0 saturated heterocycles. The maximum atomic E-state index is 5.10. The first-order chi connectivity index (χ1) is 13.4. The predicted octanol–water partition coefficient (Wildman–Crippen LogP) is 5.36. The first-order valence-electron chi connectivity index (χ1n) is 9.91. The van der Waals surface area contributed by atoms with Crippen LogP contribution in [-0.2, 0) is 23.8 Å². The first-order valence-corrected chi connectivity index (χ1v) is 11.2. The highest BCUT2D eigenvalue weighted by molar-refractivity contribution is 7.86. The summed E-state index contributed by atoms with van der Waals surface area (Å²) in [5, 5.41) is 0.653. The molecule has 140 valence electrons. The summed E-state index contributed by atoms with van der Waals surface area (Å²) < 4.78 is 8.75. The molecule has 2 aromatic carbocycles. The van der Waals surface area contributed by atoms with E-state index >= 15 is 0 Å². The predicted molar refractivity (Wildman–Crippen MR) is 116 cm³/mol. The van der Waals surface area contributed by atoms with E-state index in [1.165, 1.54) is 43.2 Å². The van der Waals surface area contributed by atoms with Crippen LogP contribution in [0.1, 0.15) is 43.2 Å². The lowest BCUT2D eigenvalue weighted by Crippen LogP contribution is -2.35. The molecule has 4 rings (SSSR count). The van der Waals surface area contributed by atoms with Crippen LogP contribution in [0.15, 0.2) is 81.8 Å². The number of benzene rings is 2. The zero-order chi connectivity index (χ0) is 18.3. The van der Waals surface area contributed by atoms with Crippen LogP contribution in [-0.4, -0.2) is 11.1 Å². The monoisotopic (exact) mass is 377 g/mol. The molecular formula is C23H27N3S. The molecule has 1 heterocycles. The number of allylic oxidation sites excluding steroid dienone is 1. The fraction of sp³-hybridized carbons (Fsp3) is 0.348. The lowest BCUT2D eigenvalue weighted by molar-refractivity contribution is 0.513. The number of hydrogen-bond acceptors (Lipinski definition) is 2. The molecule has 0 bridgehead atoms. The highest BCUT2D eigenvalue weighted by Crippen LogP contribution is 2.25. The number of amidine groups is 1. The van der Waals surface area contributed by atoms with Crippen LogP contribution < -0.4 is 4.72 Å². The van der Waals surface area contributed by atoms with E-state index in [1.807, 2.05) is 6.07 Å². The number of rotatable bonds is 5. The van der Waals surface area contributed by atoms with Gasteiger partial charge in [0.25, 0.3) is 0 Å². The van der Waals surface area contributed by atoms with Crippen molar-refractivity contribution in [1.29, 1.82) is 0 Å². The Morgan fingerprint density at radius 3 is 2.26 bits per heavy atom. The topological polar surface area (TPSA) is 36.8 Å². The van der Waals surface area contributed by atoms with Crippen molar-refractivity contribution < 1.29 is 0 Å². The molecule has 1 unspecified atom stereocenters. The number of nitrogens with one attached hydrogen (secondary N) is 1. The molecule has 1 saturated carbocycles. The van der Waals surface area contributed by atoms with Crippen LogP contribution in [0.3, 0.4) is 0 Å². The Morgan fingerprint density at radius 2 is 1.56 bits per heavy atom. The van der Waals surface area contributed by atoms with Crippen LogP contribution in [0.25, 0.3) is 0 Å². The van der Waals surface area contributed by atoms with E-state index in [0.717, 1.165) is 18.0 Å². The summed E-state index contributed by atoms with van der Waals surface area (Å²) in [6, 6.07) is 21.1. The third-order valence-electron chi connectivity index (χ3n) is 5.10. The van der Waals surface area contributed by atoms with E-state index in [9.17, 15) is 0 Å². The first kappa shape index (κ1) is 18.2. The van der Waals surface area contributed by atoms with Crippen molar-refractivity contribution in [3.8, 4) is 0 Å². The largest absolute Gasteiger partial charge is 0.306 e. The molecule has 1 atom stereocenters. The van der Waals surface area contributed by atoms with Gasteiger partial charge in [0, 0.05) is 28.6 Å². The maximum Gasteiger partial charge on any atom is 0.133 e. The van der Waals surface area contributed by atoms with Gasteiger partial charge in [-0.1, -0.05) is 79.9 Å². The second-order valence-corrected chi connectivity index (χ2v) is 8.94. The van der Waals surface area contributed by atoms with E-state index < -0.39 is 0 Å². The Bertz CT molecular complexity index is 834. The van der Waals surface area contributed by atoms with E-state index in [2.05, 4.69) is 65.4 Å². The zero-order valence-corrected chi connectivity index (χ0v) is 16.5. The fourth-order valence-corrected chi connectivity index (χ4v) is 5.49. The van der Waals surface area contributed by atoms with E-state index in [4.69, 9.17) is 9.36 Å². The minimum atomic E-state index is -0.147. The Labute approximate surface area is 164 Å². The van der Waals surface area contributed by atoms with Gasteiger partial charge in [0.1, 0.15) is 5.84 Å². The van der Waals surface area contributed by atoms with Gasteiger partial charge in [-0.05, 0) is 24.0 Å². The normalized spacial score (nSPS) is 22.0. The standard InChI is InChI=1S/C23H27N3S/c1-4-10-19(11-5-1)16-21-17-23(24-18-20-12-6-2-7-13-20)26-27(25-21)22-14-8-3-9-15-22/h1-2,4-7,10-13,17,22H,3,8-9,14-16,18H2,(H,24,25,26). The van der Waals surface area contributed by atoms with Gasteiger partial charge < -0.3 is 4.72 Å². The van der Waals surface area contributed by atoms with Crippen molar-refractivity contribution in [3.05, 3.63) is 83.6 Å². The number of nitrogens with zero attached hydrogens (tertiary/aromatic N) is 2. The van der Waals surface area contributed by atoms with Crippen LogP contribution >= 0.6 is 0 Å². The molecule has 27 heavy (non-hydrogen) atoms. The second kappa shape index (κ2) is 9.14. The molecule has 0 radical (unpaired) electrons. The lowest BCUT2D eigenvalue weighted by Gasteiger charge is -2.27. The molecular weight excluding hydrogens is 350 g/mol. The molecule has 4 heteroatoms. The SMILES string of the molecule is C1=C(Cc2ccccc2)N=S(C2CCCCC2)NC1=NCc1ccccc1. The van der Waals surface area contributed by atoms with Crippen molar-refractivity contribution in [2.24, 2.45) is 9.36 Å². The number of hydrogen-bond donors (Lipinski definition) is 1. The molecule has 0 amide bonds. The molecule has 1 aliphatic heterocycles. The highest BCUT2D eigenvalue weighted by atomic mass is 32.2. The zero-order valence-electron chi connectivity index (χ0n) is 15.7. The third-order valence-corrected chi connectivity index (χ3v) is 7.05. The summed E-state index contributed by atoms with van der Waals surface area (Å²) in [5.41, 5.74) is 3.70. The van der Waals surface area contributed by atoms with Crippen molar-refractivity contribution in [1.82, 2.24) is 4.72 Å². The van der Waals surface area contributed by atoms with Crippen LogP contribution in [0.2, 0.25) is 0 Å². The highest BCUT2D eigenvalue weighted by Gasteiger charge is 2.22. The summed E-state index contributed by atoms with van der Waals surface area (Å²) in [5.74, 6) is 0.994. The van der Waals surface area contributed by atoms with Gasteiger partial charge in [-0.25, -0.2) is 4.36 Å². The van der Waals surface area contributed by atoms with Gasteiger partial charge in [-0.2, -0.15) is 0 Å². The minimum Gasteiger partial charge on any atom is -0.306 e. The summed E-state index contributed by atoms with van der Waals surface area (Å²) in [4.78, 5) is 4.87. The number of aliphatic imine (C=N–C) groups is 1. The Kier molecular flexibility index (Phi) is 6.15. The van der Waals surface area contributed by atoms with Crippen molar-refractivity contribution in [2.75, 3.05) is 0 Å². The smallest absolute Gasteiger partial charge is 0.133 e. The molecule has 1 fully saturated rings. The Hall–Kier alpha value is -2.20.